The molecule has 24 heavy (non-hydrogen) atoms. The smallest absolute Gasteiger partial charge is 0.311 e. The Balaban J connectivity index is 1.92. The second kappa shape index (κ2) is 6.74. The zero-order valence-electron chi connectivity index (χ0n) is 13.6. The van der Waals surface area contributed by atoms with Gasteiger partial charge in [0.1, 0.15) is 13.2 Å². The summed E-state index contributed by atoms with van der Waals surface area (Å²) in [6, 6.07) is 8.58. The van der Waals surface area contributed by atoms with Crippen LogP contribution in [-0.2, 0) is 0 Å². The summed E-state index contributed by atoms with van der Waals surface area (Å²) in [5.41, 5.74) is 0.926. The lowest BCUT2D eigenvalue weighted by Crippen LogP contribution is -2.20. The zero-order chi connectivity index (χ0) is 17.1. The number of fused-ring (bicyclic) bond motifs is 1. The molecule has 1 N–H and O–H groups in total. The lowest BCUT2D eigenvalue weighted by atomic mass is 9.95. The Labute approximate surface area is 139 Å². The fraction of sp³-hybridized carbons (Fsp3) is 0.353. The molecular formula is C17H19N3O4. The lowest BCUT2D eigenvalue weighted by Gasteiger charge is -2.25. The number of anilines is 1. The number of hydrogen-bond donors (Lipinski definition) is 1. The maximum Gasteiger partial charge on any atom is 0.311 e. The maximum absolute atomic E-state index is 11.2. The topological polar surface area (TPSA) is 86.5 Å². The quantitative estimate of drug-likeness (QED) is 0.666. The van der Waals surface area contributed by atoms with Gasteiger partial charge in [0.05, 0.1) is 11.0 Å². The summed E-state index contributed by atoms with van der Waals surface area (Å²) in [5, 5.41) is 14.4. The van der Waals surface area contributed by atoms with Crippen LogP contribution < -0.4 is 14.8 Å². The van der Waals surface area contributed by atoms with Crippen LogP contribution in [0.3, 0.4) is 0 Å². The van der Waals surface area contributed by atoms with Crippen LogP contribution in [0.25, 0.3) is 0 Å². The Kier molecular flexibility index (Phi) is 4.50. The van der Waals surface area contributed by atoms with Crippen LogP contribution in [0, 0.1) is 16.0 Å². The van der Waals surface area contributed by atoms with Crippen LogP contribution in [0.4, 0.5) is 11.5 Å². The molecule has 7 nitrogen and oxygen atoms in total. The van der Waals surface area contributed by atoms with Gasteiger partial charge in [-0.1, -0.05) is 19.9 Å². The van der Waals surface area contributed by atoms with E-state index in [0.29, 0.717) is 19.0 Å². The predicted octanol–water partition coefficient (Wildman–Crippen LogP) is 3.57. The second-order valence-electron chi connectivity index (χ2n) is 5.90. The standard InChI is InChI=1S/C17H19N3O4/c1-11(2)16(19-17-13(20(21)22)4-3-7-18-17)12-5-6-14-15(10-12)24-9-8-23-14/h3-7,10-11,16H,8-9H2,1-2H3,(H,18,19)/t16-/m1/s1. The lowest BCUT2D eigenvalue weighted by molar-refractivity contribution is -0.384. The van der Waals surface area contributed by atoms with Crippen molar-refractivity contribution in [3.05, 3.63) is 52.2 Å². The summed E-state index contributed by atoms with van der Waals surface area (Å²) in [5.74, 6) is 1.86. The minimum Gasteiger partial charge on any atom is -0.486 e. The first kappa shape index (κ1) is 16.0. The number of ether oxygens (including phenoxy) is 2. The minimum absolute atomic E-state index is 0.0410. The Bertz CT molecular complexity index is 748. The molecule has 0 unspecified atom stereocenters. The Hall–Kier alpha value is -2.83. The molecule has 0 aliphatic carbocycles. The molecule has 2 aromatic rings. The van der Waals surface area contributed by atoms with Crippen LogP contribution in [0.5, 0.6) is 11.5 Å². The number of benzene rings is 1. The SMILES string of the molecule is CC(C)[C@@H](Nc1ncccc1[N+](=O)[O-])c1ccc2c(c1)OCCO2. The number of aromatic nitrogens is 1. The minimum atomic E-state index is -0.434. The molecule has 2 heterocycles. The van der Waals surface area contributed by atoms with Gasteiger partial charge in [0.2, 0.25) is 5.82 Å². The molecule has 0 radical (unpaired) electrons. The van der Waals surface area contributed by atoms with Gasteiger partial charge in [-0.15, -0.1) is 0 Å². The molecule has 1 aromatic heterocycles. The summed E-state index contributed by atoms with van der Waals surface area (Å²) >= 11 is 0. The van der Waals surface area contributed by atoms with Crippen molar-refractivity contribution in [3.8, 4) is 11.5 Å². The molecule has 0 fully saturated rings. The number of rotatable bonds is 5. The van der Waals surface area contributed by atoms with Gasteiger partial charge < -0.3 is 14.8 Å². The Morgan fingerprint density at radius 2 is 1.96 bits per heavy atom. The van der Waals surface area contributed by atoms with E-state index in [1.54, 1.807) is 6.07 Å². The van der Waals surface area contributed by atoms with Gasteiger partial charge in [-0.2, -0.15) is 0 Å². The largest absolute Gasteiger partial charge is 0.486 e. The van der Waals surface area contributed by atoms with Crippen molar-refractivity contribution < 1.29 is 14.4 Å². The van der Waals surface area contributed by atoms with Crippen molar-refractivity contribution in [2.45, 2.75) is 19.9 Å². The molecule has 0 saturated carbocycles. The summed E-state index contributed by atoms with van der Waals surface area (Å²) in [7, 11) is 0. The number of nitrogens with zero attached hydrogens (tertiary/aromatic N) is 2. The van der Waals surface area contributed by atoms with E-state index in [-0.39, 0.29) is 23.5 Å². The van der Waals surface area contributed by atoms with Crippen LogP contribution in [0.1, 0.15) is 25.5 Å². The molecule has 1 atom stereocenters. The average Bonchev–Trinajstić information content (AvgIpc) is 2.59. The molecule has 1 aromatic carbocycles. The van der Waals surface area contributed by atoms with E-state index in [4.69, 9.17) is 9.47 Å². The van der Waals surface area contributed by atoms with E-state index < -0.39 is 4.92 Å². The summed E-state index contributed by atoms with van der Waals surface area (Å²) in [6.07, 6.45) is 1.54. The van der Waals surface area contributed by atoms with Crippen molar-refractivity contribution in [1.82, 2.24) is 4.98 Å². The molecule has 3 rings (SSSR count). The molecule has 0 bridgehead atoms. The molecule has 126 valence electrons. The highest BCUT2D eigenvalue weighted by molar-refractivity contribution is 5.57. The van der Waals surface area contributed by atoms with Gasteiger partial charge in [-0.25, -0.2) is 4.98 Å². The first-order valence-electron chi connectivity index (χ1n) is 7.81. The van der Waals surface area contributed by atoms with Crippen molar-refractivity contribution in [2.75, 3.05) is 18.5 Å². The maximum atomic E-state index is 11.2. The third-order valence-corrected chi connectivity index (χ3v) is 3.87. The highest BCUT2D eigenvalue weighted by Gasteiger charge is 2.23. The summed E-state index contributed by atoms with van der Waals surface area (Å²) in [4.78, 5) is 14.9. The fourth-order valence-electron chi connectivity index (χ4n) is 2.69. The van der Waals surface area contributed by atoms with Crippen LogP contribution in [-0.4, -0.2) is 23.1 Å². The zero-order valence-corrected chi connectivity index (χ0v) is 13.6. The van der Waals surface area contributed by atoms with E-state index in [1.807, 2.05) is 32.0 Å². The summed E-state index contributed by atoms with van der Waals surface area (Å²) < 4.78 is 11.2. The first-order chi connectivity index (χ1) is 11.6. The van der Waals surface area contributed by atoms with Gasteiger partial charge >= 0.3 is 5.69 Å². The number of nitro groups is 1. The van der Waals surface area contributed by atoms with Gasteiger partial charge in [0.25, 0.3) is 0 Å². The average molecular weight is 329 g/mol. The molecule has 0 saturated heterocycles. The molecule has 0 amide bonds. The molecular weight excluding hydrogens is 310 g/mol. The first-order valence-corrected chi connectivity index (χ1v) is 7.81. The van der Waals surface area contributed by atoms with E-state index in [2.05, 4.69) is 10.3 Å². The third-order valence-electron chi connectivity index (χ3n) is 3.87. The van der Waals surface area contributed by atoms with Gasteiger partial charge in [-0.3, -0.25) is 10.1 Å². The van der Waals surface area contributed by atoms with Crippen LogP contribution in [0.15, 0.2) is 36.5 Å². The van der Waals surface area contributed by atoms with Crippen LogP contribution in [0.2, 0.25) is 0 Å². The van der Waals surface area contributed by atoms with E-state index >= 15 is 0 Å². The van der Waals surface area contributed by atoms with E-state index in [0.717, 1.165) is 11.3 Å². The van der Waals surface area contributed by atoms with Crippen molar-refractivity contribution in [3.63, 3.8) is 0 Å². The Morgan fingerprint density at radius 1 is 1.21 bits per heavy atom. The third kappa shape index (κ3) is 3.24. The van der Waals surface area contributed by atoms with Gasteiger partial charge in [0, 0.05) is 12.3 Å². The molecule has 7 heteroatoms. The van der Waals surface area contributed by atoms with Crippen LogP contribution >= 0.6 is 0 Å². The summed E-state index contributed by atoms with van der Waals surface area (Å²) in [6.45, 7) is 5.15. The number of pyridine rings is 1. The Morgan fingerprint density at radius 3 is 2.67 bits per heavy atom. The molecule has 1 aliphatic rings. The molecule has 1 aliphatic heterocycles. The van der Waals surface area contributed by atoms with Crippen molar-refractivity contribution >= 4 is 11.5 Å². The van der Waals surface area contributed by atoms with Gasteiger partial charge in [-0.05, 0) is 29.7 Å². The number of nitrogens with one attached hydrogen (secondary N) is 1. The predicted molar refractivity (Wildman–Crippen MR) is 89.5 cm³/mol. The van der Waals surface area contributed by atoms with Crippen molar-refractivity contribution in [1.29, 1.82) is 0 Å². The normalized spacial score (nSPS) is 14.3. The molecule has 0 spiro atoms. The van der Waals surface area contributed by atoms with E-state index in [9.17, 15) is 10.1 Å². The van der Waals surface area contributed by atoms with Crippen molar-refractivity contribution in [2.24, 2.45) is 5.92 Å². The van der Waals surface area contributed by atoms with Gasteiger partial charge in [0.15, 0.2) is 11.5 Å². The fourth-order valence-corrected chi connectivity index (χ4v) is 2.69. The second-order valence-corrected chi connectivity index (χ2v) is 5.90. The monoisotopic (exact) mass is 329 g/mol. The van der Waals surface area contributed by atoms with E-state index in [1.165, 1.54) is 12.3 Å². The highest BCUT2D eigenvalue weighted by atomic mass is 16.6. The number of hydrogen-bond acceptors (Lipinski definition) is 6. The highest BCUT2D eigenvalue weighted by Crippen LogP contribution is 2.36.